The largest absolute Gasteiger partial charge is 0.338 e. The van der Waals surface area contributed by atoms with Crippen molar-refractivity contribution in [2.75, 3.05) is 13.6 Å². The van der Waals surface area contributed by atoms with Gasteiger partial charge in [-0.1, -0.05) is 30.3 Å². The van der Waals surface area contributed by atoms with Crippen LogP contribution in [0.15, 0.2) is 30.3 Å². The van der Waals surface area contributed by atoms with Crippen LogP contribution >= 0.6 is 0 Å². The summed E-state index contributed by atoms with van der Waals surface area (Å²) in [4.78, 5) is 36.0. The lowest BCUT2D eigenvalue weighted by molar-refractivity contribution is -0.139. The van der Waals surface area contributed by atoms with Crippen LogP contribution in [-0.2, 0) is 9.59 Å². The van der Waals surface area contributed by atoms with E-state index < -0.39 is 17.6 Å². The Balaban J connectivity index is 2.25. The van der Waals surface area contributed by atoms with Crippen molar-refractivity contribution in [1.29, 1.82) is 0 Å². The summed E-state index contributed by atoms with van der Waals surface area (Å²) in [6, 6.07) is 8.57. The molecule has 0 radical (unpaired) electrons. The summed E-state index contributed by atoms with van der Waals surface area (Å²) in [6.07, 6.45) is 0. The Kier molecular flexibility index (Phi) is 2.56. The molecule has 1 aromatic rings. The maximum atomic E-state index is 11.9. The number of rotatable bonds is 2. The monoisotopic (exact) mass is 217 g/mol. The van der Waals surface area contributed by atoms with Crippen molar-refractivity contribution in [2.24, 2.45) is 5.92 Å². The van der Waals surface area contributed by atoms with Gasteiger partial charge in [-0.05, 0) is 0 Å². The summed E-state index contributed by atoms with van der Waals surface area (Å²) >= 11 is 0. The molecule has 16 heavy (non-hydrogen) atoms. The molecule has 1 atom stereocenters. The first kappa shape index (κ1) is 10.5. The van der Waals surface area contributed by atoms with Gasteiger partial charge in [0.05, 0.1) is 0 Å². The molecule has 0 aromatic heterocycles. The van der Waals surface area contributed by atoms with Gasteiger partial charge in [0.15, 0.2) is 5.78 Å². The van der Waals surface area contributed by atoms with Crippen LogP contribution < -0.4 is 0 Å². The SMILES string of the molecule is CN1C[C@H](C(=O)c2ccccc2)C(=O)C1=O. The highest BCUT2D eigenvalue weighted by atomic mass is 16.2. The predicted octanol–water partition coefficient (Wildman–Crippen LogP) is 0.527. The van der Waals surface area contributed by atoms with E-state index in [4.69, 9.17) is 0 Å². The minimum Gasteiger partial charge on any atom is -0.338 e. The topological polar surface area (TPSA) is 54.5 Å². The number of likely N-dealkylation sites (tertiary alicyclic amines) is 1. The molecule has 82 valence electrons. The number of benzene rings is 1. The highest BCUT2D eigenvalue weighted by Crippen LogP contribution is 2.17. The summed E-state index contributed by atoms with van der Waals surface area (Å²) in [7, 11) is 1.53. The van der Waals surface area contributed by atoms with Crippen LogP contribution in [0.1, 0.15) is 10.4 Å². The molecule has 0 unspecified atom stereocenters. The zero-order chi connectivity index (χ0) is 11.7. The van der Waals surface area contributed by atoms with Gasteiger partial charge in [0.25, 0.3) is 5.91 Å². The second-order valence-electron chi connectivity index (χ2n) is 3.83. The molecule has 1 saturated heterocycles. The van der Waals surface area contributed by atoms with Crippen LogP contribution in [0.3, 0.4) is 0 Å². The maximum Gasteiger partial charge on any atom is 0.290 e. The third-order valence-corrected chi connectivity index (χ3v) is 2.71. The maximum absolute atomic E-state index is 11.9. The Labute approximate surface area is 92.9 Å². The van der Waals surface area contributed by atoms with E-state index in [1.165, 1.54) is 11.9 Å². The zero-order valence-corrected chi connectivity index (χ0v) is 8.84. The fraction of sp³-hybridized carbons (Fsp3) is 0.250. The zero-order valence-electron chi connectivity index (χ0n) is 8.84. The fourth-order valence-electron chi connectivity index (χ4n) is 1.78. The van der Waals surface area contributed by atoms with Gasteiger partial charge in [-0.2, -0.15) is 0 Å². The number of likely N-dealkylation sites (N-methyl/N-ethyl adjacent to an activating group) is 1. The Morgan fingerprint density at radius 1 is 1.25 bits per heavy atom. The number of ketones is 2. The molecule has 4 heteroatoms. The number of hydrogen-bond acceptors (Lipinski definition) is 3. The van der Waals surface area contributed by atoms with Gasteiger partial charge < -0.3 is 4.90 Å². The molecule has 1 amide bonds. The number of amides is 1. The second kappa shape index (κ2) is 3.89. The van der Waals surface area contributed by atoms with Crippen LogP contribution in [0, 0.1) is 5.92 Å². The third kappa shape index (κ3) is 1.62. The number of carbonyl (C=O) groups is 3. The molecule has 4 nitrogen and oxygen atoms in total. The lowest BCUT2D eigenvalue weighted by atomic mass is 9.96. The van der Waals surface area contributed by atoms with E-state index in [0.29, 0.717) is 5.56 Å². The average Bonchev–Trinajstić information content (AvgIpc) is 2.57. The molecular weight excluding hydrogens is 206 g/mol. The standard InChI is InChI=1S/C12H11NO3/c1-13-7-9(11(15)12(13)16)10(14)8-5-3-2-4-6-8/h2-6,9H,7H2,1H3/t9-/m1/s1. The molecule has 1 aromatic carbocycles. The van der Waals surface area contributed by atoms with Crippen molar-refractivity contribution in [2.45, 2.75) is 0 Å². The molecule has 1 heterocycles. The van der Waals surface area contributed by atoms with Crippen molar-refractivity contribution in [3.05, 3.63) is 35.9 Å². The van der Waals surface area contributed by atoms with Crippen LogP contribution in [-0.4, -0.2) is 36.0 Å². The third-order valence-electron chi connectivity index (χ3n) is 2.71. The van der Waals surface area contributed by atoms with Gasteiger partial charge in [-0.3, -0.25) is 14.4 Å². The molecule has 1 fully saturated rings. The minimum atomic E-state index is -0.833. The van der Waals surface area contributed by atoms with Crippen LogP contribution in [0.5, 0.6) is 0 Å². The van der Waals surface area contributed by atoms with E-state index in [1.807, 2.05) is 0 Å². The van der Waals surface area contributed by atoms with E-state index in [2.05, 4.69) is 0 Å². The van der Waals surface area contributed by atoms with Gasteiger partial charge >= 0.3 is 0 Å². The van der Waals surface area contributed by atoms with Gasteiger partial charge in [0, 0.05) is 19.2 Å². The van der Waals surface area contributed by atoms with Gasteiger partial charge in [-0.25, -0.2) is 0 Å². The summed E-state index contributed by atoms with van der Waals surface area (Å²) in [5, 5.41) is 0. The Morgan fingerprint density at radius 3 is 2.38 bits per heavy atom. The summed E-state index contributed by atoms with van der Waals surface area (Å²) in [6.45, 7) is 0.186. The van der Waals surface area contributed by atoms with E-state index in [1.54, 1.807) is 30.3 Å². The van der Waals surface area contributed by atoms with Crippen molar-refractivity contribution in [3.63, 3.8) is 0 Å². The second-order valence-corrected chi connectivity index (χ2v) is 3.83. The van der Waals surface area contributed by atoms with E-state index in [0.717, 1.165) is 0 Å². The average molecular weight is 217 g/mol. The first-order valence-electron chi connectivity index (χ1n) is 5.00. The van der Waals surface area contributed by atoms with E-state index >= 15 is 0 Å². The Bertz CT molecular complexity index is 453. The normalized spacial score (nSPS) is 20.3. The highest BCUT2D eigenvalue weighted by molar-refractivity contribution is 6.43. The Morgan fingerprint density at radius 2 is 1.88 bits per heavy atom. The number of Topliss-reactive ketones (excluding diaryl/α,β-unsaturated/α-hetero) is 2. The lowest BCUT2D eigenvalue weighted by Gasteiger charge is -2.07. The molecule has 1 aliphatic rings. The molecular formula is C12H11NO3. The Hall–Kier alpha value is -1.97. The van der Waals surface area contributed by atoms with Crippen molar-refractivity contribution in [3.8, 4) is 0 Å². The van der Waals surface area contributed by atoms with Gasteiger partial charge in [0.2, 0.25) is 5.78 Å². The predicted molar refractivity (Wildman–Crippen MR) is 56.9 cm³/mol. The molecule has 0 aliphatic carbocycles. The van der Waals surface area contributed by atoms with Crippen LogP contribution in [0.2, 0.25) is 0 Å². The summed E-state index contributed by atoms with van der Waals surface area (Å²) in [5.74, 6) is -2.28. The molecule has 0 bridgehead atoms. The van der Waals surface area contributed by atoms with Gasteiger partial charge in [0.1, 0.15) is 5.92 Å². The van der Waals surface area contributed by atoms with E-state index in [-0.39, 0.29) is 12.3 Å². The molecule has 1 aliphatic heterocycles. The molecule has 0 N–H and O–H groups in total. The first-order chi connectivity index (χ1) is 7.61. The summed E-state index contributed by atoms with van der Waals surface area (Å²) < 4.78 is 0. The first-order valence-corrected chi connectivity index (χ1v) is 5.00. The number of nitrogens with zero attached hydrogens (tertiary/aromatic N) is 1. The molecule has 0 saturated carbocycles. The van der Waals surface area contributed by atoms with Gasteiger partial charge in [-0.15, -0.1) is 0 Å². The quantitative estimate of drug-likeness (QED) is 0.412. The van der Waals surface area contributed by atoms with E-state index in [9.17, 15) is 14.4 Å². The van der Waals surface area contributed by atoms with Crippen molar-refractivity contribution < 1.29 is 14.4 Å². The lowest BCUT2D eigenvalue weighted by Crippen LogP contribution is -2.24. The number of hydrogen-bond donors (Lipinski definition) is 0. The fourth-order valence-corrected chi connectivity index (χ4v) is 1.78. The molecule has 0 spiro atoms. The smallest absolute Gasteiger partial charge is 0.290 e. The minimum absolute atomic E-state index is 0.186. The van der Waals surface area contributed by atoms with Crippen LogP contribution in [0.25, 0.3) is 0 Å². The highest BCUT2D eigenvalue weighted by Gasteiger charge is 2.41. The molecule has 2 rings (SSSR count). The number of carbonyl (C=O) groups excluding carboxylic acids is 3. The van der Waals surface area contributed by atoms with Crippen LogP contribution in [0.4, 0.5) is 0 Å². The summed E-state index contributed by atoms with van der Waals surface area (Å²) in [5.41, 5.74) is 0.476. The van der Waals surface area contributed by atoms with Crippen molar-refractivity contribution >= 4 is 17.5 Å². The van der Waals surface area contributed by atoms with Crippen molar-refractivity contribution in [1.82, 2.24) is 4.90 Å².